The standard InChI is InChI=1S/C40H32N4O3S2/c1-27-35(29-17-8-3-9-18-29)43-40(48-27)44-39(47)36(30-19-10-4-11-20-30)49-33-24-14-23-32(26-33)41-38(46)34(25-28-15-6-2-7-16-28)42-37(45)31-21-12-5-13-22-31/h2-26,36H,1H3,(H,41,46)(H,42,45)(H,43,44,47)/b34-25-. The maximum Gasteiger partial charge on any atom is 0.272 e. The number of nitrogens with one attached hydrogen (secondary N) is 3. The number of aromatic nitrogens is 1. The van der Waals surface area contributed by atoms with Gasteiger partial charge in [-0.15, -0.1) is 23.1 Å². The highest BCUT2D eigenvalue weighted by atomic mass is 32.2. The fourth-order valence-corrected chi connectivity index (χ4v) is 6.95. The minimum absolute atomic E-state index is 0.0910. The molecule has 0 aliphatic rings. The summed E-state index contributed by atoms with van der Waals surface area (Å²) >= 11 is 2.80. The summed E-state index contributed by atoms with van der Waals surface area (Å²) in [6.45, 7) is 1.99. The predicted octanol–water partition coefficient (Wildman–Crippen LogP) is 9.00. The molecule has 0 saturated heterocycles. The van der Waals surface area contributed by atoms with Crippen LogP contribution in [0.1, 0.15) is 31.6 Å². The lowest BCUT2D eigenvalue weighted by molar-refractivity contribution is -0.116. The Morgan fingerprint density at radius 1 is 0.735 bits per heavy atom. The quantitative estimate of drug-likeness (QED) is 0.0937. The number of carbonyl (C=O) groups is 3. The molecule has 0 aliphatic heterocycles. The summed E-state index contributed by atoms with van der Waals surface area (Å²) in [5.41, 5.74) is 4.45. The van der Waals surface area contributed by atoms with Gasteiger partial charge < -0.3 is 16.0 Å². The van der Waals surface area contributed by atoms with E-state index in [0.717, 1.165) is 32.2 Å². The monoisotopic (exact) mass is 680 g/mol. The number of rotatable bonds is 11. The van der Waals surface area contributed by atoms with Crippen molar-refractivity contribution in [3.8, 4) is 11.3 Å². The molecule has 242 valence electrons. The molecule has 0 saturated carbocycles. The first-order valence-corrected chi connectivity index (χ1v) is 17.2. The van der Waals surface area contributed by atoms with Crippen molar-refractivity contribution in [2.24, 2.45) is 0 Å². The van der Waals surface area contributed by atoms with Gasteiger partial charge in [-0.3, -0.25) is 14.4 Å². The number of aryl methyl sites for hydroxylation is 1. The van der Waals surface area contributed by atoms with Gasteiger partial charge in [0.2, 0.25) is 5.91 Å². The number of thioether (sulfide) groups is 1. The highest BCUT2D eigenvalue weighted by Crippen LogP contribution is 2.38. The molecule has 49 heavy (non-hydrogen) atoms. The van der Waals surface area contributed by atoms with Crippen LogP contribution in [-0.4, -0.2) is 22.7 Å². The molecule has 0 radical (unpaired) electrons. The number of nitrogens with zero attached hydrogens (tertiary/aromatic N) is 1. The van der Waals surface area contributed by atoms with E-state index in [1.807, 2.05) is 122 Å². The summed E-state index contributed by atoms with van der Waals surface area (Å²) < 4.78 is 0. The summed E-state index contributed by atoms with van der Waals surface area (Å²) in [4.78, 5) is 47.0. The average Bonchev–Trinajstić information content (AvgIpc) is 3.51. The van der Waals surface area contributed by atoms with Crippen molar-refractivity contribution < 1.29 is 14.4 Å². The van der Waals surface area contributed by atoms with E-state index >= 15 is 0 Å². The number of amides is 3. The fraction of sp³-hybridized carbons (Fsp3) is 0.0500. The first-order valence-electron chi connectivity index (χ1n) is 15.5. The molecule has 1 heterocycles. The molecule has 1 atom stereocenters. The van der Waals surface area contributed by atoms with Gasteiger partial charge in [-0.05, 0) is 54.5 Å². The zero-order valence-corrected chi connectivity index (χ0v) is 28.1. The molecule has 0 bridgehead atoms. The normalized spacial score (nSPS) is 11.7. The molecule has 0 fully saturated rings. The number of thiazole rings is 1. The van der Waals surface area contributed by atoms with Crippen LogP contribution in [0.5, 0.6) is 0 Å². The molecule has 9 heteroatoms. The van der Waals surface area contributed by atoms with Crippen LogP contribution in [-0.2, 0) is 9.59 Å². The topological polar surface area (TPSA) is 100 Å². The summed E-state index contributed by atoms with van der Waals surface area (Å²) in [6.07, 6.45) is 1.63. The number of carbonyl (C=O) groups excluding carboxylic acids is 3. The number of hydrogen-bond acceptors (Lipinski definition) is 6. The molecule has 5 aromatic carbocycles. The third kappa shape index (κ3) is 8.78. The van der Waals surface area contributed by atoms with E-state index in [1.54, 1.807) is 36.4 Å². The molecular weight excluding hydrogens is 649 g/mol. The first kappa shape index (κ1) is 33.1. The highest BCUT2D eigenvalue weighted by Gasteiger charge is 2.24. The molecule has 1 unspecified atom stereocenters. The maximum absolute atomic E-state index is 13.8. The number of benzene rings is 5. The van der Waals surface area contributed by atoms with Crippen LogP contribution in [0.2, 0.25) is 0 Å². The summed E-state index contributed by atoms with van der Waals surface area (Å²) in [5, 5.41) is 8.66. The Morgan fingerprint density at radius 2 is 1.37 bits per heavy atom. The van der Waals surface area contributed by atoms with Crippen LogP contribution in [0.3, 0.4) is 0 Å². The minimum atomic E-state index is -0.602. The van der Waals surface area contributed by atoms with E-state index in [1.165, 1.54) is 23.1 Å². The van der Waals surface area contributed by atoms with Gasteiger partial charge in [0.15, 0.2) is 5.13 Å². The Balaban J connectivity index is 1.21. The second kappa shape index (κ2) is 15.9. The lowest BCUT2D eigenvalue weighted by Gasteiger charge is -2.17. The van der Waals surface area contributed by atoms with E-state index in [4.69, 9.17) is 4.98 Å². The lowest BCUT2D eigenvalue weighted by Crippen LogP contribution is -2.30. The van der Waals surface area contributed by atoms with Crippen molar-refractivity contribution in [2.75, 3.05) is 10.6 Å². The van der Waals surface area contributed by atoms with E-state index in [0.29, 0.717) is 16.4 Å². The van der Waals surface area contributed by atoms with E-state index < -0.39 is 17.1 Å². The van der Waals surface area contributed by atoms with Crippen LogP contribution < -0.4 is 16.0 Å². The minimum Gasteiger partial charge on any atom is -0.321 e. The van der Waals surface area contributed by atoms with Gasteiger partial charge in [0.25, 0.3) is 11.8 Å². The van der Waals surface area contributed by atoms with E-state index in [2.05, 4.69) is 16.0 Å². The van der Waals surface area contributed by atoms with Gasteiger partial charge in [0, 0.05) is 26.6 Å². The van der Waals surface area contributed by atoms with Crippen LogP contribution in [0.4, 0.5) is 10.8 Å². The zero-order valence-electron chi connectivity index (χ0n) is 26.5. The van der Waals surface area contributed by atoms with Crippen LogP contribution >= 0.6 is 23.1 Å². The molecule has 7 nitrogen and oxygen atoms in total. The van der Waals surface area contributed by atoms with Gasteiger partial charge in [-0.1, -0.05) is 115 Å². The Hall–Kier alpha value is -5.77. The third-order valence-corrected chi connectivity index (χ3v) is 9.53. The van der Waals surface area contributed by atoms with Gasteiger partial charge in [-0.25, -0.2) is 4.98 Å². The average molecular weight is 681 g/mol. The second-order valence-corrected chi connectivity index (χ2v) is 13.3. The van der Waals surface area contributed by atoms with Gasteiger partial charge >= 0.3 is 0 Å². The molecule has 3 amide bonds. The third-order valence-electron chi connectivity index (χ3n) is 7.40. The molecule has 0 spiro atoms. The maximum atomic E-state index is 13.8. The molecular formula is C40H32N4O3S2. The SMILES string of the molecule is Cc1sc(NC(=O)C(Sc2cccc(NC(=O)/C(=C/c3ccccc3)NC(=O)c3ccccc3)c2)c2ccccc2)nc1-c1ccccc1. The van der Waals surface area contributed by atoms with Gasteiger partial charge in [0.05, 0.1) is 5.69 Å². The Bertz CT molecular complexity index is 2080. The summed E-state index contributed by atoms with van der Waals surface area (Å²) in [7, 11) is 0. The van der Waals surface area contributed by atoms with Crippen molar-refractivity contribution in [1.29, 1.82) is 0 Å². The molecule has 3 N–H and O–H groups in total. The zero-order chi connectivity index (χ0) is 34.0. The van der Waals surface area contributed by atoms with E-state index in [9.17, 15) is 14.4 Å². The highest BCUT2D eigenvalue weighted by molar-refractivity contribution is 8.00. The van der Waals surface area contributed by atoms with Crippen LogP contribution in [0.15, 0.2) is 156 Å². The molecule has 1 aromatic heterocycles. The van der Waals surface area contributed by atoms with Crippen molar-refractivity contribution >= 4 is 57.7 Å². The smallest absolute Gasteiger partial charge is 0.272 e. The van der Waals surface area contributed by atoms with Crippen molar-refractivity contribution in [3.05, 3.63) is 173 Å². The molecule has 6 rings (SSSR count). The van der Waals surface area contributed by atoms with Crippen LogP contribution in [0.25, 0.3) is 17.3 Å². The van der Waals surface area contributed by atoms with Gasteiger partial charge in [0.1, 0.15) is 10.9 Å². The van der Waals surface area contributed by atoms with Crippen molar-refractivity contribution in [2.45, 2.75) is 17.1 Å². The molecule has 6 aromatic rings. The van der Waals surface area contributed by atoms with Gasteiger partial charge in [-0.2, -0.15) is 0 Å². The Morgan fingerprint density at radius 3 is 2.06 bits per heavy atom. The predicted molar refractivity (Wildman–Crippen MR) is 199 cm³/mol. The largest absolute Gasteiger partial charge is 0.321 e. The molecule has 0 aliphatic carbocycles. The van der Waals surface area contributed by atoms with E-state index in [-0.39, 0.29) is 11.6 Å². The van der Waals surface area contributed by atoms with Crippen molar-refractivity contribution in [1.82, 2.24) is 10.3 Å². The second-order valence-electron chi connectivity index (χ2n) is 11.0. The first-order chi connectivity index (χ1) is 23.9. The lowest BCUT2D eigenvalue weighted by atomic mass is 10.1. The van der Waals surface area contributed by atoms with Crippen LogP contribution in [0, 0.1) is 6.92 Å². The van der Waals surface area contributed by atoms with Crippen molar-refractivity contribution in [3.63, 3.8) is 0 Å². The number of anilines is 2. The summed E-state index contributed by atoms with van der Waals surface area (Å²) in [6, 6.07) is 44.7. The fourth-order valence-electron chi connectivity index (χ4n) is 5.03. The number of hydrogen-bond donors (Lipinski definition) is 3. The Kier molecular flexibility index (Phi) is 10.7. The summed E-state index contributed by atoms with van der Waals surface area (Å²) in [5.74, 6) is -1.10. The Labute approximate surface area is 293 Å².